The Morgan fingerprint density at radius 3 is 2.55 bits per heavy atom. The quantitative estimate of drug-likeness (QED) is 0.690. The molecule has 0 unspecified atom stereocenters. The minimum absolute atomic E-state index is 0.472. The fourth-order valence-electron chi connectivity index (χ4n) is 1.80. The standard InChI is InChI=1S/C12H10Cl2N6/c1-15-12-19-10-9(16-5-17-10)11(20-12)18-8-3-6(13)2-7(14)4-8/h2-5H,1H3,(H3,15,16,17,18,19,20). The Hall–Kier alpha value is -2.05. The van der Waals surface area contributed by atoms with Crippen molar-refractivity contribution in [3.63, 3.8) is 0 Å². The van der Waals surface area contributed by atoms with Gasteiger partial charge in [0.1, 0.15) is 5.52 Å². The Bertz CT molecular complexity index is 749. The maximum atomic E-state index is 5.98. The van der Waals surface area contributed by atoms with Crippen LogP contribution in [0.5, 0.6) is 0 Å². The Morgan fingerprint density at radius 2 is 1.85 bits per heavy atom. The van der Waals surface area contributed by atoms with E-state index in [4.69, 9.17) is 23.2 Å². The number of imidazole rings is 1. The number of halogens is 2. The van der Waals surface area contributed by atoms with Crippen LogP contribution in [0.3, 0.4) is 0 Å². The average Bonchev–Trinajstić information content (AvgIpc) is 2.85. The van der Waals surface area contributed by atoms with Gasteiger partial charge in [0.15, 0.2) is 11.5 Å². The maximum absolute atomic E-state index is 5.98. The second kappa shape index (κ2) is 5.15. The number of nitrogens with one attached hydrogen (secondary N) is 3. The van der Waals surface area contributed by atoms with E-state index in [-0.39, 0.29) is 0 Å². The molecule has 3 rings (SSSR count). The number of fused-ring (bicyclic) bond motifs is 1. The van der Waals surface area contributed by atoms with E-state index in [2.05, 4.69) is 30.6 Å². The molecule has 0 aliphatic carbocycles. The van der Waals surface area contributed by atoms with Gasteiger partial charge in [-0.1, -0.05) is 23.2 Å². The smallest absolute Gasteiger partial charge is 0.226 e. The Labute approximate surface area is 124 Å². The van der Waals surface area contributed by atoms with Crippen molar-refractivity contribution < 1.29 is 0 Å². The van der Waals surface area contributed by atoms with E-state index < -0.39 is 0 Å². The number of nitrogens with zero attached hydrogens (tertiary/aromatic N) is 3. The van der Waals surface area contributed by atoms with E-state index in [1.54, 1.807) is 31.6 Å². The molecule has 2 aromatic heterocycles. The topological polar surface area (TPSA) is 78.5 Å². The number of hydrogen-bond donors (Lipinski definition) is 3. The first kappa shape index (κ1) is 13.0. The summed E-state index contributed by atoms with van der Waals surface area (Å²) in [5.74, 6) is 1.07. The van der Waals surface area contributed by atoms with Crippen LogP contribution in [0.2, 0.25) is 10.0 Å². The summed E-state index contributed by atoms with van der Waals surface area (Å²) in [6.45, 7) is 0. The van der Waals surface area contributed by atoms with Crippen molar-refractivity contribution >= 4 is 51.8 Å². The number of H-pyrrole nitrogens is 1. The monoisotopic (exact) mass is 308 g/mol. The van der Waals surface area contributed by atoms with Crippen LogP contribution in [0.1, 0.15) is 0 Å². The van der Waals surface area contributed by atoms with Crippen molar-refractivity contribution in [3.05, 3.63) is 34.6 Å². The largest absolute Gasteiger partial charge is 0.357 e. The minimum atomic E-state index is 0.472. The van der Waals surface area contributed by atoms with Gasteiger partial charge in [-0.25, -0.2) is 4.98 Å². The van der Waals surface area contributed by atoms with Crippen molar-refractivity contribution in [3.8, 4) is 0 Å². The van der Waals surface area contributed by atoms with Crippen LogP contribution in [0.15, 0.2) is 24.5 Å². The zero-order valence-electron chi connectivity index (χ0n) is 10.4. The van der Waals surface area contributed by atoms with Gasteiger partial charge in [-0.3, -0.25) is 0 Å². The van der Waals surface area contributed by atoms with Crippen molar-refractivity contribution in [2.45, 2.75) is 0 Å². The minimum Gasteiger partial charge on any atom is -0.357 e. The van der Waals surface area contributed by atoms with Crippen LogP contribution >= 0.6 is 23.2 Å². The molecule has 0 aliphatic heterocycles. The summed E-state index contributed by atoms with van der Waals surface area (Å²) in [7, 11) is 1.74. The molecule has 102 valence electrons. The lowest BCUT2D eigenvalue weighted by atomic mass is 10.3. The highest BCUT2D eigenvalue weighted by Gasteiger charge is 2.10. The molecule has 8 heteroatoms. The van der Waals surface area contributed by atoms with Crippen molar-refractivity contribution in [1.82, 2.24) is 19.9 Å². The van der Waals surface area contributed by atoms with E-state index in [0.29, 0.717) is 33.0 Å². The van der Waals surface area contributed by atoms with E-state index in [0.717, 1.165) is 5.69 Å². The summed E-state index contributed by atoms with van der Waals surface area (Å²) >= 11 is 12.0. The Morgan fingerprint density at radius 1 is 1.10 bits per heavy atom. The van der Waals surface area contributed by atoms with E-state index in [1.165, 1.54) is 0 Å². The third-order valence-electron chi connectivity index (χ3n) is 2.63. The molecule has 0 amide bonds. The second-order valence-corrected chi connectivity index (χ2v) is 4.90. The molecule has 0 fully saturated rings. The van der Waals surface area contributed by atoms with Gasteiger partial charge in [0, 0.05) is 22.8 Å². The fourth-order valence-corrected chi connectivity index (χ4v) is 2.32. The van der Waals surface area contributed by atoms with Gasteiger partial charge in [-0.05, 0) is 18.2 Å². The lowest BCUT2D eigenvalue weighted by molar-refractivity contribution is 1.18. The van der Waals surface area contributed by atoms with Crippen LogP contribution in [-0.2, 0) is 0 Å². The molecular formula is C12H10Cl2N6. The molecule has 2 heterocycles. The van der Waals surface area contributed by atoms with E-state index in [1.807, 2.05) is 0 Å². The second-order valence-electron chi connectivity index (χ2n) is 4.03. The van der Waals surface area contributed by atoms with E-state index in [9.17, 15) is 0 Å². The zero-order chi connectivity index (χ0) is 14.1. The first-order valence-electron chi connectivity index (χ1n) is 5.77. The molecule has 0 radical (unpaired) electrons. The predicted molar refractivity (Wildman–Crippen MR) is 81.0 cm³/mol. The van der Waals surface area contributed by atoms with Gasteiger partial charge in [-0.2, -0.15) is 9.97 Å². The van der Waals surface area contributed by atoms with Crippen LogP contribution in [-0.4, -0.2) is 27.0 Å². The van der Waals surface area contributed by atoms with E-state index >= 15 is 0 Å². The highest BCUT2D eigenvalue weighted by atomic mass is 35.5. The van der Waals surface area contributed by atoms with Crippen molar-refractivity contribution in [2.75, 3.05) is 17.7 Å². The number of anilines is 3. The molecule has 1 aromatic carbocycles. The molecule has 3 N–H and O–H groups in total. The number of rotatable bonds is 3. The third-order valence-corrected chi connectivity index (χ3v) is 3.07. The summed E-state index contributed by atoms with van der Waals surface area (Å²) < 4.78 is 0. The molecule has 0 saturated heterocycles. The van der Waals surface area contributed by atoms with Crippen LogP contribution in [0, 0.1) is 0 Å². The fraction of sp³-hybridized carbons (Fsp3) is 0.0833. The maximum Gasteiger partial charge on any atom is 0.226 e. The lowest BCUT2D eigenvalue weighted by Crippen LogP contribution is -2.01. The van der Waals surface area contributed by atoms with Crippen LogP contribution in [0.4, 0.5) is 17.5 Å². The molecule has 0 saturated carbocycles. The highest BCUT2D eigenvalue weighted by Crippen LogP contribution is 2.27. The van der Waals surface area contributed by atoms with Gasteiger partial charge in [0.2, 0.25) is 5.95 Å². The molecule has 0 aliphatic rings. The highest BCUT2D eigenvalue weighted by molar-refractivity contribution is 6.35. The Kier molecular flexibility index (Phi) is 3.33. The number of benzene rings is 1. The molecule has 20 heavy (non-hydrogen) atoms. The SMILES string of the molecule is CNc1nc(Nc2cc(Cl)cc(Cl)c2)c2[nH]cnc2n1. The third kappa shape index (κ3) is 2.48. The number of aromatic nitrogens is 4. The van der Waals surface area contributed by atoms with Gasteiger partial charge in [-0.15, -0.1) is 0 Å². The molecular weight excluding hydrogens is 299 g/mol. The summed E-state index contributed by atoms with van der Waals surface area (Å²) in [4.78, 5) is 15.7. The molecule has 0 spiro atoms. The van der Waals surface area contributed by atoms with Gasteiger partial charge >= 0.3 is 0 Å². The number of hydrogen-bond acceptors (Lipinski definition) is 5. The predicted octanol–water partition coefficient (Wildman–Crippen LogP) is 3.45. The average molecular weight is 309 g/mol. The first-order chi connectivity index (χ1) is 9.65. The summed E-state index contributed by atoms with van der Waals surface area (Å²) in [5, 5.41) is 7.14. The van der Waals surface area contributed by atoms with Crippen molar-refractivity contribution in [1.29, 1.82) is 0 Å². The lowest BCUT2D eigenvalue weighted by Gasteiger charge is -2.09. The summed E-state index contributed by atoms with van der Waals surface area (Å²) in [5.41, 5.74) is 2.01. The molecule has 0 bridgehead atoms. The van der Waals surface area contributed by atoms with Gasteiger partial charge in [0.25, 0.3) is 0 Å². The normalized spacial score (nSPS) is 10.8. The van der Waals surface area contributed by atoms with Crippen LogP contribution in [0.25, 0.3) is 11.2 Å². The molecule has 0 atom stereocenters. The number of aromatic amines is 1. The van der Waals surface area contributed by atoms with Crippen LogP contribution < -0.4 is 10.6 Å². The Balaban J connectivity index is 2.07. The zero-order valence-corrected chi connectivity index (χ0v) is 11.9. The molecule has 3 aromatic rings. The summed E-state index contributed by atoms with van der Waals surface area (Å²) in [6, 6.07) is 5.19. The first-order valence-corrected chi connectivity index (χ1v) is 6.53. The molecule has 6 nitrogen and oxygen atoms in total. The van der Waals surface area contributed by atoms with Crippen molar-refractivity contribution in [2.24, 2.45) is 0 Å². The van der Waals surface area contributed by atoms with Gasteiger partial charge in [0.05, 0.1) is 6.33 Å². The van der Waals surface area contributed by atoms with Gasteiger partial charge < -0.3 is 15.6 Å². The summed E-state index contributed by atoms with van der Waals surface area (Å²) in [6.07, 6.45) is 1.56.